The van der Waals surface area contributed by atoms with Gasteiger partial charge in [0, 0.05) is 0 Å². The second-order valence-corrected chi connectivity index (χ2v) is 3.83. The van der Waals surface area contributed by atoms with Gasteiger partial charge in [-0.2, -0.15) is 0 Å². The first-order valence-corrected chi connectivity index (χ1v) is 4.78. The summed E-state index contributed by atoms with van der Waals surface area (Å²) in [6, 6.07) is 5.06. The molecule has 1 aliphatic carbocycles. The number of rotatable bonds is 0. The van der Waals surface area contributed by atoms with Gasteiger partial charge in [0.1, 0.15) is 11.9 Å². The lowest BCUT2D eigenvalue weighted by molar-refractivity contribution is 0.357. The lowest BCUT2D eigenvalue weighted by Crippen LogP contribution is -1.92. The van der Waals surface area contributed by atoms with Crippen LogP contribution in [-0.4, -0.2) is 6.10 Å². The van der Waals surface area contributed by atoms with Crippen LogP contribution in [0.25, 0.3) is 0 Å². The number of benzene rings is 1. The lowest BCUT2D eigenvalue weighted by atomic mass is 10.0. The summed E-state index contributed by atoms with van der Waals surface area (Å²) in [6.45, 7) is 0. The first kappa shape index (κ1) is 7.51. The van der Waals surface area contributed by atoms with Gasteiger partial charge in [0.2, 0.25) is 0 Å². The van der Waals surface area contributed by atoms with E-state index in [1.54, 1.807) is 6.07 Å². The lowest BCUT2D eigenvalue weighted by Gasteiger charge is -2.04. The van der Waals surface area contributed by atoms with Crippen LogP contribution in [0.5, 0.6) is 0 Å². The topological polar surface area (TPSA) is 12.5 Å². The van der Waals surface area contributed by atoms with Gasteiger partial charge in [0.25, 0.3) is 0 Å². The first-order valence-electron chi connectivity index (χ1n) is 4.78. The summed E-state index contributed by atoms with van der Waals surface area (Å²) in [5, 5.41) is 0. The maximum absolute atomic E-state index is 12.9. The predicted octanol–water partition coefficient (Wildman–Crippen LogP) is 2.60. The minimum Gasteiger partial charge on any atom is -0.364 e. The Morgan fingerprint density at radius 3 is 3.23 bits per heavy atom. The summed E-state index contributed by atoms with van der Waals surface area (Å²) in [7, 11) is 0. The number of epoxide rings is 1. The zero-order chi connectivity index (χ0) is 8.84. The van der Waals surface area contributed by atoms with E-state index in [0.717, 1.165) is 24.8 Å². The average molecular weight is 178 g/mol. The van der Waals surface area contributed by atoms with Gasteiger partial charge in [-0.25, -0.2) is 4.39 Å². The van der Waals surface area contributed by atoms with Gasteiger partial charge in [-0.05, 0) is 42.5 Å². The molecular formula is C11H11FO. The molecule has 0 amide bonds. The Balaban J connectivity index is 2.08. The van der Waals surface area contributed by atoms with Crippen LogP contribution in [0.2, 0.25) is 0 Å². The van der Waals surface area contributed by atoms with Gasteiger partial charge < -0.3 is 4.74 Å². The van der Waals surface area contributed by atoms with Crippen LogP contribution < -0.4 is 0 Å². The number of halogens is 1. The van der Waals surface area contributed by atoms with Gasteiger partial charge in [-0.3, -0.25) is 0 Å². The van der Waals surface area contributed by atoms with Crippen molar-refractivity contribution in [3.05, 3.63) is 35.1 Å². The van der Waals surface area contributed by atoms with Crippen LogP contribution in [0, 0.1) is 5.82 Å². The zero-order valence-corrected chi connectivity index (χ0v) is 7.29. The van der Waals surface area contributed by atoms with E-state index in [2.05, 4.69) is 0 Å². The van der Waals surface area contributed by atoms with Gasteiger partial charge in [0.05, 0.1) is 6.10 Å². The van der Waals surface area contributed by atoms with E-state index in [0.29, 0.717) is 6.10 Å². The number of aryl methyl sites for hydroxylation is 1. The smallest absolute Gasteiger partial charge is 0.123 e. The molecule has 1 heterocycles. The Morgan fingerprint density at radius 2 is 2.31 bits per heavy atom. The van der Waals surface area contributed by atoms with Crippen molar-refractivity contribution >= 4 is 0 Å². The summed E-state index contributed by atoms with van der Waals surface area (Å²) in [5.74, 6) is -0.127. The molecule has 2 aliphatic rings. The van der Waals surface area contributed by atoms with E-state index < -0.39 is 0 Å². The third-order valence-corrected chi connectivity index (χ3v) is 2.93. The van der Waals surface area contributed by atoms with Crippen molar-refractivity contribution in [1.82, 2.24) is 0 Å². The van der Waals surface area contributed by atoms with E-state index >= 15 is 0 Å². The van der Waals surface area contributed by atoms with E-state index in [9.17, 15) is 4.39 Å². The normalized spacial score (nSPS) is 30.2. The molecule has 0 radical (unpaired) electrons. The molecule has 1 saturated heterocycles. The molecule has 13 heavy (non-hydrogen) atoms. The molecule has 0 spiro atoms. The molecule has 0 saturated carbocycles. The summed E-state index contributed by atoms with van der Waals surface area (Å²) in [4.78, 5) is 0. The van der Waals surface area contributed by atoms with Crippen LogP contribution in [0.4, 0.5) is 4.39 Å². The van der Waals surface area contributed by atoms with Crippen LogP contribution in [0.1, 0.15) is 30.1 Å². The predicted molar refractivity (Wildman–Crippen MR) is 47.0 cm³/mol. The SMILES string of the molecule is Fc1ccc2c(c1)CCC[C@@H]1O[C@H]21. The van der Waals surface area contributed by atoms with Crippen molar-refractivity contribution in [1.29, 1.82) is 0 Å². The number of hydrogen-bond acceptors (Lipinski definition) is 1. The molecular weight excluding hydrogens is 167 g/mol. The van der Waals surface area contributed by atoms with Crippen molar-refractivity contribution in [3.8, 4) is 0 Å². The quantitative estimate of drug-likeness (QED) is 0.556. The maximum atomic E-state index is 12.9. The Labute approximate surface area is 76.5 Å². The molecule has 68 valence electrons. The summed E-state index contributed by atoms with van der Waals surface area (Å²) >= 11 is 0. The fraction of sp³-hybridized carbons (Fsp3) is 0.455. The molecule has 0 unspecified atom stereocenters. The highest BCUT2D eigenvalue weighted by atomic mass is 19.1. The molecule has 0 aromatic heterocycles. The molecule has 0 bridgehead atoms. The second kappa shape index (κ2) is 2.55. The number of ether oxygens (including phenoxy) is 1. The van der Waals surface area contributed by atoms with Crippen molar-refractivity contribution < 1.29 is 9.13 Å². The third-order valence-electron chi connectivity index (χ3n) is 2.93. The van der Waals surface area contributed by atoms with Crippen molar-refractivity contribution in [2.24, 2.45) is 0 Å². The van der Waals surface area contributed by atoms with Crippen LogP contribution in [-0.2, 0) is 11.2 Å². The van der Waals surface area contributed by atoms with E-state index in [4.69, 9.17) is 4.74 Å². The molecule has 0 N–H and O–H groups in total. The van der Waals surface area contributed by atoms with E-state index in [-0.39, 0.29) is 11.9 Å². The molecule has 2 heteroatoms. The molecule has 2 atom stereocenters. The Kier molecular flexibility index (Phi) is 1.47. The molecule has 1 aromatic carbocycles. The maximum Gasteiger partial charge on any atom is 0.123 e. The minimum absolute atomic E-state index is 0.127. The van der Waals surface area contributed by atoms with Crippen molar-refractivity contribution in [2.45, 2.75) is 31.5 Å². The van der Waals surface area contributed by atoms with Crippen LogP contribution in [0.15, 0.2) is 18.2 Å². The number of hydrogen-bond donors (Lipinski definition) is 0. The average Bonchev–Trinajstić information content (AvgIpc) is 2.82. The monoisotopic (exact) mass is 178 g/mol. The van der Waals surface area contributed by atoms with E-state index in [1.165, 1.54) is 11.6 Å². The molecule has 3 rings (SSSR count). The van der Waals surface area contributed by atoms with Crippen LogP contribution in [0.3, 0.4) is 0 Å². The molecule has 1 fully saturated rings. The van der Waals surface area contributed by atoms with Crippen molar-refractivity contribution in [3.63, 3.8) is 0 Å². The zero-order valence-electron chi connectivity index (χ0n) is 7.29. The Morgan fingerprint density at radius 1 is 1.38 bits per heavy atom. The van der Waals surface area contributed by atoms with Gasteiger partial charge >= 0.3 is 0 Å². The molecule has 1 aliphatic heterocycles. The summed E-state index contributed by atoms with van der Waals surface area (Å²) in [5.41, 5.74) is 2.36. The highest BCUT2D eigenvalue weighted by Crippen LogP contribution is 2.45. The summed E-state index contributed by atoms with van der Waals surface area (Å²) < 4.78 is 18.4. The second-order valence-electron chi connectivity index (χ2n) is 3.83. The van der Waals surface area contributed by atoms with Crippen LogP contribution >= 0.6 is 0 Å². The van der Waals surface area contributed by atoms with Gasteiger partial charge in [-0.15, -0.1) is 0 Å². The highest BCUT2D eigenvalue weighted by Gasteiger charge is 2.42. The standard InChI is InChI=1S/C11H11FO/c12-8-4-5-9-7(6-8)2-1-3-10-11(9)13-10/h4-6,10-11H,1-3H2/t10-,11+/m0/s1. The van der Waals surface area contributed by atoms with Crippen molar-refractivity contribution in [2.75, 3.05) is 0 Å². The molecule has 1 aromatic rings. The fourth-order valence-electron chi connectivity index (χ4n) is 2.20. The Bertz CT molecular complexity index is 348. The molecule has 1 nitrogen and oxygen atoms in total. The largest absolute Gasteiger partial charge is 0.364 e. The van der Waals surface area contributed by atoms with Gasteiger partial charge in [-0.1, -0.05) is 6.07 Å². The van der Waals surface area contributed by atoms with Gasteiger partial charge in [0.15, 0.2) is 0 Å². The minimum atomic E-state index is -0.127. The highest BCUT2D eigenvalue weighted by molar-refractivity contribution is 5.34. The number of fused-ring (bicyclic) bond motifs is 3. The summed E-state index contributed by atoms with van der Waals surface area (Å²) in [6.07, 6.45) is 3.95. The van der Waals surface area contributed by atoms with E-state index in [1.807, 2.05) is 6.07 Å². The third kappa shape index (κ3) is 1.17. The first-order chi connectivity index (χ1) is 6.34. The fourth-order valence-corrected chi connectivity index (χ4v) is 2.20. The Hall–Kier alpha value is -0.890.